The van der Waals surface area contributed by atoms with Crippen molar-refractivity contribution in [2.75, 3.05) is 11.9 Å². The van der Waals surface area contributed by atoms with E-state index in [4.69, 9.17) is 11.7 Å². The lowest BCUT2D eigenvalue weighted by Gasteiger charge is -2.28. The number of nitrogens with zero attached hydrogens (tertiary/aromatic N) is 4. The van der Waals surface area contributed by atoms with Crippen LogP contribution in [0.25, 0.3) is 0 Å². The van der Waals surface area contributed by atoms with Crippen molar-refractivity contribution in [3.05, 3.63) is 46.5 Å². The first-order chi connectivity index (χ1) is 14.7. The van der Waals surface area contributed by atoms with Gasteiger partial charge >= 0.3 is 6.03 Å². The molecule has 0 unspecified atom stereocenters. The number of hydrogen-bond acceptors (Lipinski definition) is 4. The standard InChI is InChI=1S/C21H18F3N5O2/c1-2-20(31)6-7-21(23,24)18-15-11-28(8-5-17(15)27-29(18)12-20)19(30)26-14-3-4-16(22)13(9-14)10-25/h1,3-4,9,31H,5-8,11-12H2,(H,26,30)/t20-/m0/s1. The smallest absolute Gasteiger partial charge is 0.322 e. The fraction of sp³-hybridized carbons (Fsp3) is 0.381. The summed E-state index contributed by atoms with van der Waals surface area (Å²) in [4.78, 5) is 14.0. The SMILES string of the molecule is C#C[C@]1(O)CCC(F)(F)c2c3c(nn2C1)CCN(C(=O)Nc1ccc(F)c(C#N)c1)C3. The van der Waals surface area contributed by atoms with Gasteiger partial charge in [0, 0.05) is 30.6 Å². The summed E-state index contributed by atoms with van der Waals surface area (Å²) in [6.45, 7) is -0.125. The Morgan fingerprint density at radius 3 is 2.84 bits per heavy atom. The van der Waals surface area contributed by atoms with Crippen LogP contribution < -0.4 is 5.32 Å². The number of anilines is 1. The Labute approximate surface area is 176 Å². The van der Waals surface area contributed by atoms with E-state index in [2.05, 4.69) is 16.3 Å². The van der Waals surface area contributed by atoms with Crippen molar-refractivity contribution in [1.29, 1.82) is 5.26 Å². The average Bonchev–Trinajstić information content (AvgIpc) is 3.06. The van der Waals surface area contributed by atoms with Crippen LogP contribution in [0.3, 0.4) is 0 Å². The van der Waals surface area contributed by atoms with Crippen LogP contribution in [0, 0.1) is 29.5 Å². The first kappa shape index (κ1) is 20.8. The lowest BCUT2D eigenvalue weighted by Crippen LogP contribution is -2.39. The number of amides is 2. The van der Waals surface area contributed by atoms with E-state index in [-0.39, 0.29) is 55.0 Å². The maximum Gasteiger partial charge on any atom is 0.322 e. The van der Waals surface area contributed by atoms with Crippen LogP contribution in [0.1, 0.15) is 35.4 Å². The molecule has 10 heteroatoms. The van der Waals surface area contributed by atoms with Crippen LogP contribution in [0.4, 0.5) is 23.7 Å². The number of carbonyl (C=O) groups is 1. The number of halogens is 3. The molecule has 0 saturated carbocycles. The lowest BCUT2D eigenvalue weighted by atomic mass is 9.96. The van der Waals surface area contributed by atoms with E-state index in [9.17, 15) is 23.1 Å². The van der Waals surface area contributed by atoms with E-state index in [1.807, 2.05) is 0 Å². The summed E-state index contributed by atoms with van der Waals surface area (Å²) in [5.41, 5.74) is -1.38. The Kier molecular flexibility index (Phi) is 4.91. The molecule has 2 amide bonds. The van der Waals surface area contributed by atoms with E-state index >= 15 is 0 Å². The number of aromatic nitrogens is 2. The molecule has 0 aliphatic carbocycles. The number of rotatable bonds is 1. The molecule has 3 heterocycles. The van der Waals surface area contributed by atoms with Crippen LogP contribution in [0.2, 0.25) is 0 Å². The summed E-state index contributed by atoms with van der Waals surface area (Å²) in [6.07, 6.45) is 4.69. The largest absolute Gasteiger partial charge is 0.376 e. The highest BCUT2D eigenvalue weighted by Gasteiger charge is 2.46. The van der Waals surface area contributed by atoms with Crippen molar-refractivity contribution in [1.82, 2.24) is 14.7 Å². The molecule has 0 saturated heterocycles. The molecule has 1 aromatic carbocycles. The molecule has 2 aliphatic rings. The maximum atomic E-state index is 14.9. The van der Waals surface area contributed by atoms with Gasteiger partial charge in [-0.25, -0.2) is 9.18 Å². The fourth-order valence-corrected chi connectivity index (χ4v) is 3.94. The van der Waals surface area contributed by atoms with Crippen molar-refractivity contribution in [2.45, 2.75) is 43.9 Å². The quantitative estimate of drug-likeness (QED) is 0.682. The molecule has 0 fully saturated rings. The fourth-order valence-electron chi connectivity index (χ4n) is 3.94. The minimum absolute atomic E-state index is 0.104. The molecule has 2 aliphatic heterocycles. The molecule has 0 bridgehead atoms. The van der Waals surface area contributed by atoms with Crippen molar-refractivity contribution in [2.24, 2.45) is 0 Å². The van der Waals surface area contributed by atoms with Crippen LogP contribution in [-0.4, -0.2) is 38.0 Å². The third-order valence-corrected chi connectivity index (χ3v) is 5.61. The van der Waals surface area contributed by atoms with E-state index in [1.165, 1.54) is 17.0 Å². The van der Waals surface area contributed by atoms with Gasteiger partial charge in [0.25, 0.3) is 5.92 Å². The summed E-state index contributed by atoms with van der Waals surface area (Å²) in [5.74, 6) is -1.79. The highest BCUT2D eigenvalue weighted by molar-refractivity contribution is 5.89. The van der Waals surface area contributed by atoms with Gasteiger partial charge < -0.3 is 15.3 Å². The van der Waals surface area contributed by atoms with Gasteiger partial charge in [0.2, 0.25) is 0 Å². The van der Waals surface area contributed by atoms with Crippen LogP contribution in [0.5, 0.6) is 0 Å². The summed E-state index contributed by atoms with van der Waals surface area (Å²) < 4.78 is 44.4. The molecule has 7 nitrogen and oxygen atoms in total. The highest BCUT2D eigenvalue weighted by atomic mass is 19.3. The predicted octanol–water partition coefficient (Wildman–Crippen LogP) is 2.73. The first-order valence-corrected chi connectivity index (χ1v) is 9.58. The molecule has 1 aromatic heterocycles. The first-order valence-electron chi connectivity index (χ1n) is 9.58. The molecular formula is C21H18F3N5O2. The maximum absolute atomic E-state index is 14.9. The number of carbonyl (C=O) groups excluding carboxylic acids is 1. The Hall–Kier alpha value is -3.50. The van der Waals surface area contributed by atoms with Crippen LogP contribution >= 0.6 is 0 Å². The second kappa shape index (κ2) is 7.33. The van der Waals surface area contributed by atoms with Gasteiger partial charge in [-0.15, -0.1) is 6.42 Å². The number of nitrogens with one attached hydrogen (secondary N) is 1. The van der Waals surface area contributed by atoms with E-state index < -0.39 is 29.8 Å². The average molecular weight is 429 g/mol. The zero-order valence-corrected chi connectivity index (χ0v) is 16.3. The lowest BCUT2D eigenvalue weighted by molar-refractivity contribution is -0.0300. The highest BCUT2D eigenvalue weighted by Crippen LogP contribution is 2.42. The topological polar surface area (TPSA) is 94.2 Å². The van der Waals surface area contributed by atoms with Gasteiger partial charge in [0.15, 0.2) is 0 Å². The zero-order valence-electron chi connectivity index (χ0n) is 16.3. The van der Waals surface area contributed by atoms with Gasteiger partial charge in [-0.05, 0) is 24.6 Å². The Morgan fingerprint density at radius 1 is 1.35 bits per heavy atom. The molecular weight excluding hydrogens is 411 g/mol. The summed E-state index contributed by atoms with van der Waals surface area (Å²) in [6, 6.07) is 4.69. The summed E-state index contributed by atoms with van der Waals surface area (Å²) in [7, 11) is 0. The Bertz CT molecular complexity index is 1150. The number of urea groups is 1. The number of fused-ring (bicyclic) bond motifs is 3. The minimum Gasteiger partial charge on any atom is -0.376 e. The number of aliphatic hydroxyl groups is 1. The molecule has 0 spiro atoms. The van der Waals surface area contributed by atoms with Crippen molar-refractivity contribution >= 4 is 11.7 Å². The van der Waals surface area contributed by atoms with Crippen molar-refractivity contribution in [3.63, 3.8) is 0 Å². The third kappa shape index (κ3) is 3.71. The van der Waals surface area contributed by atoms with Gasteiger partial charge in [-0.3, -0.25) is 4.68 Å². The Morgan fingerprint density at radius 2 is 2.13 bits per heavy atom. The molecule has 31 heavy (non-hydrogen) atoms. The molecule has 0 radical (unpaired) electrons. The van der Waals surface area contributed by atoms with Gasteiger partial charge in [-0.1, -0.05) is 5.92 Å². The molecule has 1 atom stereocenters. The van der Waals surface area contributed by atoms with Crippen LogP contribution in [0.15, 0.2) is 18.2 Å². The number of benzene rings is 1. The van der Waals surface area contributed by atoms with Crippen molar-refractivity contribution < 1.29 is 23.1 Å². The predicted molar refractivity (Wildman–Crippen MR) is 103 cm³/mol. The van der Waals surface area contributed by atoms with E-state index in [0.717, 1.165) is 10.7 Å². The normalized spacial score (nSPS) is 21.8. The van der Waals surface area contributed by atoms with E-state index in [1.54, 1.807) is 6.07 Å². The second-order valence-corrected chi connectivity index (χ2v) is 7.72. The van der Waals surface area contributed by atoms with E-state index in [0.29, 0.717) is 5.69 Å². The third-order valence-electron chi connectivity index (χ3n) is 5.61. The van der Waals surface area contributed by atoms with Crippen molar-refractivity contribution in [3.8, 4) is 18.4 Å². The Balaban J connectivity index is 1.60. The van der Waals surface area contributed by atoms with Gasteiger partial charge in [-0.2, -0.15) is 19.1 Å². The van der Waals surface area contributed by atoms with Gasteiger partial charge in [0.05, 0.1) is 24.3 Å². The molecule has 4 rings (SSSR count). The molecule has 2 N–H and O–H groups in total. The zero-order chi connectivity index (χ0) is 22.4. The monoisotopic (exact) mass is 429 g/mol. The minimum atomic E-state index is -3.26. The number of terminal acetylenes is 1. The molecule has 2 aromatic rings. The second-order valence-electron chi connectivity index (χ2n) is 7.72. The number of hydrogen-bond donors (Lipinski definition) is 2. The summed E-state index contributed by atoms with van der Waals surface area (Å²) in [5, 5.41) is 26.1. The number of nitriles is 1. The van der Waals surface area contributed by atoms with Crippen LogP contribution in [-0.2, 0) is 25.4 Å². The molecule has 160 valence electrons. The van der Waals surface area contributed by atoms with Gasteiger partial charge in [0.1, 0.15) is 23.2 Å². The number of alkyl halides is 2. The summed E-state index contributed by atoms with van der Waals surface area (Å²) >= 11 is 0.